The zero-order valence-electron chi connectivity index (χ0n) is 13.4. The second-order valence-corrected chi connectivity index (χ2v) is 6.87. The maximum absolute atomic E-state index is 12.7. The van der Waals surface area contributed by atoms with Gasteiger partial charge in [0.05, 0.1) is 11.6 Å². The van der Waals surface area contributed by atoms with Gasteiger partial charge in [-0.05, 0) is 30.2 Å². The summed E-state index contributed by atoms with van der Waals surface area (Å²) >= 11 is 1.54. The summed E-state index contributed by atoms with van der Waals surface area (Å²) in [5.41, 5.74) is 1.83. The molecule has 0 atom stereocenters. The predicted molar refractivity (Wildman–Crippen MR) is 100 cm³/mol. The molecule has 4 aromatic rings. The Labute approximate surface area is 142 Å². The van der Waals surface area contributed by atoms with E-state index in [-0.39, 0.29) is 5.56 Å². The summed E-state index contributed by atoms with van der Waals surface area (Å²) in [7, 11) is 0. The molecule has 0 amide bonds. The molecule has 0 N–H and O–H groups in total. The van der Waals surface area contributed by atoms with Crippen molar-refractivity contribution in [2.24, 2.45) is 5.10 Å². The first kappa shape index (κ1) is 14.8. The summed E-state index contributed by atoms with van der Waals surface area (Å²) in [6, 6.07) is 14.1. The quantitative estimate of drug-likeness (QED) is 0.518. The summed E-state index contributed by atoms with van der Waals surface area (Å²) < 4.78 is 1.31. The van der Waals surface area contributed by atoms with Gasteiger partial charge >= 0.3 is 0 Å². The van der Waals surface area contributed by atoms with Gasteiger partial charge in [-0.25, -0.2) is 4.98 Å². The Kier molecular flexibility index (Phi) is 3.50. The molecule has 24 heavy (non-hydrogen) atoms. The normalized spacial score (nSPS) is 11.8. The van der Waals surface area contributed by atoms with Crippen LogP contribution in [0.15, 0.2) is 58.7 Å². The molecule has 2 heterocycles. The summed E-state index contributed by atoms with van der Waals surface area (Å²) in [4.78, 5) is 18.9. The molecule has 0 fully saturated rings. The van der Waals surface area contributed by atoms with Crippen LogP contribution >= 0.6 is 11.3 Å². The van der Waals surface area contributed by atoms with Gasteiger partial charge in [0.1, 0.15) is 11.2 Å². The number of hydrogen-bond donors (Lipinski definition) is 0. The molecule has 0 radical (unpaired) electrons. The average molecular weight is 333 g/mol. The SMILES string of the molecule is Cc1sc2ncn(N=Cc3cccc4ccccc34)c(=O)c2c1C. The van der Waals surface area contributed by atoms with Gasteiger partial charge in [0, 0.05) is 10.4 Å². The third-order valence-corrected chi connectivity index (χ3v) is 5.33. The molecule has 118 valence electrons. The first-order valence-electron chi connectivity index (χ1n) is 7.64. The van der Waals surface area contributed by atoms with Crippen molar-refractivity contribution in [1.82, 2.24) is 9.66 Å². The van der Waals surface area contributed by atoms with Crippen molar-refractivity contribution in [2.45, 2.75) is 13.8 Å². The summed E-state index contributed by atoms with van der Waals surface area (Å²) in [5, 5.41) is 7.26. The van der Waals surface area contributed by atoms with E-state index in [1.165, 1.54) is 11.0 Å². The Bertz CT molecular complexity index is 1150. The maximum atomic E-state index is 12.7. The molecule has 2 aromatic carbocycles. The topological polar surface area (TPSA) is 47.2 Å². The molecule has 0 bridgehead atoms. The Balaban J connectivity index is 1.84. The van der Waals surface area contributed by atoms with Gasteiger partial charge in [0.2, 0.25) is 0 Å². The maximum Gasteiger partial charge on any atom is 0.282 e. The Morgan fingerprint density at radius 2 is 1.92 bits per heavy atom. The van der Waals surface area contributed by atoms with Crippen LogP contribution in [-0.4, -0.2) is 15.9 Å². The lowest BCUT2D eigenvalue weighted by Crippen LogP contribution is -2.17. The zero-order valence-corrected chi connectivity index (χ0v) is 14.2. The van der Waals surface area contributed by atoms with Crippen molar-refractivity contribution in [3.05, 3.63) is 75.1 Å². The minimum atomic E-state index is -0.127. The van der Waals surface area contributed by atoms with Crippen molar-refractivity contribution in [2.75, 3.05) is 0 Å². The van der Waals surface area contributed by atoms with E-state index in [9.17, 15) is 4.79 Å². The van der Waals surface area contributed by atoms with Crippen LogP contribution in [0.5, 0.6) is 0 Å². The van der Waals surface area contributed by atoms with E-state index in [2.05, 4.69) is 22.2 Å². The molecule has 0 unspecified atom stereocenters. The number of benzene rings is 2. The van der Waals surface area contributed by atoms with Gasteiger partial charge < -0.3 is 0 Å². The van der Waals surface area contributed by atoms with Gasteiger partial charge in [0.15, 0.2) is 0 Å². The summed E-state index contributed by atoms with van der Waals surface area (Å²) in [6.07, 6.45) is 3.20. The van der Waals surface area contributed by atoms with Crippen molar-refractivity contribution in [3.8, 4) is 0 Å². The van der Waals surface area contributed by atoms with E-state index in [1.807, 2.05) is 44.2 Å². The first-order chi connectivity index (χ1) is 11.6. The van der Waals surface area contributed by atoms with Crippen molar-refractivity contribution in [3.63, 3.8) is 0 Å². The minimum absolute atomic E-state index is 0.127. The van der Waals surface area contributed by atoms with Crippen LogP contribution in [0.2, 0.25) is 0 Å². The molecule has 0 saturated carbocycles. The lowest BCUT2D eigenvalue weighted by molar-refractivity contribution is 0.818. The smallest absolute Gasteiger partial charge is 0.267 e. The number of rotatable bonds is 2. The average Bonchev–Trinajstić information content (AvgIpc) is 2.89. The van der Waals surface area contributed by atoms with E-state index < -0.39 is 0 Å². The number of aromatic nitrogens is 2. The van der Waals surface area contributed by atoms with Crippen LogP contribution in [0, 0.1) is 13.8 Å². The summed E-state index contributed by atoms with van der Waals surface area (Å²) in [6.45, 7) is 3.96. The van der Waals surface area contributed by atoms with E-state index in [4.69, 9.17) is 0 Å². The van der Waals surface area contributed by atoms with Gasteiger partial charge in [-0.15, -0.1) is 11.3 Å². The van der Waals surface area contributed by atoms with Crippen molar-refractivity contribution in [1.29, 1.82) is 0 Å². The number of fused-ring (bicyclic) bond motifs is 2. The standard InChI is InChI=1S/C19H15N3OS/c1-12-13(2)24-18-17(12)19(23)22(11-20-18)21-10-15-8-5-7-14-6-3-4-9-16(14)15/h3-11H,1-2H3. The fraction of sp³-hybridized carbons (Fsp3) is 0.105. The van der Waals surface area contributed by atoms with Crippen molar-refractivity contribution >= 4 is 38.5 Å². The summed E-state index contributed by atoms with van der Waals surface area (Å²) in [5.74, 6) is 0. The monoisotopic (exact) mass is 333 g/mol. The molecular weight excluding hydrogens is 318 g/mol. The third kappa shape index (κ3) is 2.34. The highest BCUT2D eigenvalue weighted by molar-refractivity contribution is 7.18. The van der Waals surface area contributed by atoms with E-state index in [0.29, 0.717) is 5.39 Å². The fourth-order valence-corrected chi connectivity index (χ4v) is 3.78. The highest BCUT2D eigenvalue weighted by Gasteiger charge is 2.11. The zero-order chi connectivity index (χ0) is 16.7. The molecule has 5 heteroatoms. The van der Waals surface area contributed by atoms with Gasteiger partial charge in [-0.1, -0.05) is 42.5 Å². The fourth-order valence-electron chi connectivity index (χ4n) is 2.80. The Morgan fingerprint density at radius 3 is 2.79 bits per heavy atom. The van der Waals surface area contributed by atoms with Crippen LogP contribution in [0.4, 0.5) is 0 Å². The third-order valence-electron chi connectivity index (χ3n) is 4.22. The lowest BCUT2D eigenvalue weighted by Gasteiger charge is -2.02. The number of thiophene rings is 1. The van der Waals surface area contributed by atoms with E-state index >= 15 is 0 Å². The second kappa shape index (κ2) is 5.69. The van der Waals surface area contributed by atoms with Crippen LogP contribution in [-0.2, 0) is 0 Å². The van der Waals surface area contributed by atoms with Crippen LogP contribution in [0.3, 0.4) is 0 Å². The van der Waals surface area contributed by atoms with E-state index in [1.54, 1.807) is 17.6 Å². The Hall–Kier alpha value is -2.79. The number of nitrogens with zero attached hydrogens (tertiary/aromatic N) is 3. The first-order valence-corrected chi connectivity index (χ1v) is 8.46. The second-order valence-electron chi connectivity index (χ2n) is 5.67. The molecular formula is C19H15N3OS. The molecule has 0 aliphatic carbocycles. The van der Waals surface area contributed by atoms with Crippen LogP contribution < -0.4 is 5.56 Å². The predicted octanol–water partition coefficient (Wildman–Crippen LogP) is 4.11. The number of hydrogen-bond acceptors (Lipinski definition) is 4. The molecule has 0 aliphatic rings. The molecule has 0 saturated heterocycles. The highest BCUT2D eigenvalue weighted by atomic mass is 32.1. The minimum Gasteiger partial charge on any atom is -0.267 e. The number of aryl methyl sites for hydroxylation is 2. The van der Waals surface area contributed by atoms with Gasteiger partial charge in [-0.3, -0.25) is 4.79 Å². The van der Waals surface area contributed by atoms with Gasteiger partial charge in [0.25, 0.3) is 5.56 Å². The molecule has 2 aromatic heterocycles. The molecule has 4 rings (SSSR count). The van der Waals surface area contributed by atoms with Gasteiger partial charge in [-0.2, -0.15) is 9.78 Å². The lowest BCUT2D eigenvalue weighted by atomic mass is 10.1. The largest absolute Gasteiger partial charge is 0.282 e. The Morgan fingerprint density at radius 1 is 1.12 bits per heavy atom. The molecule has 0 spiro atoms. The van der Waals surface area contributed by atoms with Crippen LogP contribution in [0.25, 0.3) is 21.0 Å². The van der Waals surface area contributed by atoms with Crippen LogP contribution in [0.1, 0.15) is 16.0 Å². The molecule has 0 aliphatic heterocycles. The van der Waals surface area contributed by atoms with E-state index in [0.717, 1.165) is 31.6 Å². The highest BCUT2D eigenvalue weighted by Crippen LogP contribution is 2.25. The van der Waals surface area contributed by atoms with Crippen molar-refractivity contribution < 1.29 is 0 Å². The molecule has 4 nitrogen and oxygen atoms in total.